The maximum absolute atomic E-state index is 10.7. The van der Waals surface area contributed by atoms with E-state index in [4.69, 9.17) is 4.74 Å². The summed E-state index contributed by atoms with van der Waals surface area (Å²) >= 11 is 3.15. The number of nitrogens with zero attached hydrogens (tertiary/aromatic N) is 1. The Bertz CT molecular complexity index is 383. The fourth-order valence-electron chi connectivity index (χ4n) is 1.06. The number of hydrogen-bond donors (Lipinski definition) is 1. The van der Waals surface area contributed by atoms with Gasteiger partial charge in [0.05, 0.1) is 11.0 Å². The molecule has 16 heavy (non-hydrogen) atoms. The zero-order chi connectivity index (χ0) is 12.1. The van der Waals surface area contributed by atoms with E-state index in [9.17, 15) is 15.2 Å². The number of aliphatic hydroxyl groups is 1. The van der Waals surface area contributed by atoms with Crippen LogP contribution >= 0.6 is 15.9 Å². The summed E-state index contributed by atoms with van der Waals surface area (Å²) in [5, 5.41) is 20.0. The first-order valence-corrected chi connectivity index (χ1v) is 5.58. The molecule has 5 nitrogen and oxygen atoms in total. The number of aliphatic hydroxyl groups excluding tert-OH is 1. The van der Waals surface area contributed by atoms with Gasteiger partial charge in [0, 0.05) is 10.5 Å². The Morgan fingerprint density at radius 3 is 2.88 bits per heavy atom. The summed E-state index contributed by atoms with van der Waals surface area (Å²) < 4.78 is 5.81. The van der Waals surface area contributed by atoms with Crippen molar-refractivity contribution in [2.24, 2.45) is 0 Å². The van der Waals surface area contributed by atoms with E-state index >= 15 is 0 Å². The van der Waals surface area contributed by atoms with Crippen LogP contribution in [0.25, 0.3) is 0 Å². The van der Waals surface area contributed by atoms with Crippen molar-refractivity contribution in [2.45, 2.75) is 19.4 Å². The smallest absolute Gasteiger partial charge is 0.312 e. The standard InChI is InChI=1S/C10H12BrNO4/c1-2-8(13)6-16-10-4-3-7(11)5-9(10)12(14)15/h3-5,8,13H,2,6H2,1H3. The lowest BCUT2D eigenvalue weighted by Gasteiger charge is -2.10. The first kappa shape index (κ1) is 12.9. The van der Waals surface area contributed by atoms with Crippen molar-refractivity contribution in [1.29, 1.82) is 0 Å². The van der Waals surface area contributed by atoms with Crippen molar-refractivity contribution in [3.63, 3.8) is 0 Å². The van der Waals surface area contributed by atoms with Crippen LogP contribution in [-0.2, 0) is 0 Å². The topological polar surface area (TPSA) is 72.6 Å². The average Bonchev–Trinajstić information content (AvgIpc) is 2.26. The summed E-state index contributed by atoms with van der Waals surface area (Å²) in [4.78, 5) is 10.2. The number of rotatable bonds is 5. The third-order valence-corrected chi connectivity index (χ3v) is 2.51. The minimum Gasteiger partial charge on any atom is -0.484 e. The highest BCUT2D eigenvalue weighted by molar-refractivity contribution is 9.10. The van der Waals surface area contributed by atoms with Crippen molar-refractivity contribution < 1.29 is 14.8 Å². The molecule has 1 aromatic rings. The van der Waals surface area contributed by atoms with E-state index in [0.29, 0.717) is 10.9 Å². The minimum absolute atomic E-state index is 0.0545. The quantitative estimate of drug-likeness (QED) is 0.668. The van der Waals surface area contributed by atoms with Gasteiger partial charge in [0.25, 0.3) is 0 Å². The normalized spacial score (nSPS) is 12.2. The number of ether oxygens (including phenoxy) is 1. The molecule has 0 saturated carbocycles. The Labute approximate surface area is 101 Å². The van der Waals surface area contributed by atoms with E-state index in [1.165, 1.54) is 12.1 Å². The monoisotopic (exact) mass is 289 g/mol. The largest absolute Gasteiger partial charge is 0.484 e. The van der Waals surface area contributed by atoms with E-state index in [2.05, 4.69) is 15.9 Å². The zero-order valence-electron chi connectivity index (χ0n) is 8.72. The maximum Gasteiger partial charge on any atom is 0.312 e. The molecule has 0 heterocycles. The van der Waals surface area contributed by atoms with Crippen LogP contribution in [0, 0.1) is 10.1 Å². The summed E-state index contributed by atoms with van der Waals surface area (Å²) in [5.74, 6) is 0.167. The molecule has 1 rings (SSSR count). The first-order chi connectivity index (χ1) is 7.54. The molecule has 1 atom stereocenters. The summed E-state index contributed by atoms with van der Waals surface area (Å²) in [6, 6.07) is 4.53. The molecule has 0 spiro atoms. The molecular weight excluding hydrogens is 278 g/mol. The second-order valence-corrected chi connectivity index (χ2v) is 4.16. The number of nitro groups is 1. The van der Waals surface area contributed by atoms with Gasteiger partial charge in [-0.3, -0.25) is 10.1 Å². The Hall–Kier alpha value is -1.14. The lowest BCUT2D eigenvalue weighted by atomic mass is 10.3. The van der Waals surface area contributed by atoms with Crippen LogP contribution < -0.4 is 4.74 Å². The molecular formula is C10H12BrNO4. The second kappa shape index (κ2) is 5.81. The van der Waals surface area contributed by atoms with Crippen molar-refractivity contribution >= 4 is 21.6 Å². The molecule has 1 N–H and O–H groups in total. The maximum atomic E-state index is 10.7. The molecule has 1 unspecified atom stereocenters. The van der Waals surface area contributed by atoms with Crippen LogP contribution in [0.1, 0.15) is 13.3 Å². The highest BCUT2D eigenvalue weighted by Gasteiger charge is 2.16. The number of nitro benzene ring substituents is 1. The number of halogens is 1. The van der Waals surface area contributed by atoms with Gasteiger partial charge in [-0.2, -0.15) is 0 Å². The Kier molecular flexibility index (Phi) is 4.70. The third kappa shape index (κ3) is 3.46. The lowest BCUT2D eigenvalue weighted by Crippen LogP contribution is -2.16. The predicted octanol–water partition coefficient (Wildman–Crippen LogP) is 2.51. The van der Waals surface area contributed by atoms with Crippen LogP contribution in [0.5, 0.6) is 5.75 Å². The van der Waals surface area contributed by atoms with Gasteiger partial charge in [-0.05, 0) is 18.6 Å². The third-order valence-electron chi connectivity index (χ3n) is 2.02. The fourth-order valence-corrected chi connectivity index (χ4v) is 1.41. The van der Waals surface area contributed by atoms with Gasteiger partial charge in [0.1, 0.15) is 6.61 Å². The fraction of sp³-hybridized carbons (Fsp3) is 0.400. The summed E-state index contributed by atoms with van der Waals surface area (Å²) in [6.07, 6.45) is -0.0621. The lowest BCUT2D eigenvalue weighted by molar-refractivity contribution is -0.386. The molecule has 0 aliphatic carbocycles. The minimum atomic E-state index is -0.608. The van der Waals surface area contributed by atoms with E-state index < -0.39 is 11.0 Å². The van der Waals surface area contributed by atoms with Gasteiger partial charge in [-0.25, -0.2) is 0 Å². The molecule has 0 saturated heterocycles. The van der Waals surface area contributed by atoms with Crippen molar-refractivity contribution in [1.82, 2.24) is 0 Å². The second-order valence-electron chi connectivity index (χ2n) is 3.24. The van der Waals surface area contributed by atoms with Gasteiger partial charge < -0.3 is 9.84 Å². The number of hydrogen-bond acceptors (Lipinski definition) is 4. The Balaban J connectivity index is 2.82. The zero-order valence-corrected chi connectivity index (χ0v) is 10.3. The molecule has 0 aliphatic heterocycles. The van der Waals surface area contributed by atoms with Crippen molar-refractivity contribution in [2.75, 3.05) is 6.61 Å². The van der Waals surface area contributed by atoms with Gasteiger partial charge in [-0.1, -0.05) is 22.9 Å². The summed E-state index contributed by atoms with van der Waals surface area (Å²) in [6.45, 7) is 1.86. The van der Waals surface area contributed by atoms with E-state index in [1.54, 1.807) is 6.07 Å². The van der Waals surface area contributed by atoms with Gasteiger partial charge >= 0.3 is 5.69 Å². The molecule has 1 aromatic carbocycles. The van der Waals surface area contributed by atoms with Crippen LogP contribution in [0.4, 0.5) is 5.69 Å². The van der Waals surface area contributed by atoms with E-state index in [0.717, 1.165) is 0 Å². The van der Waals surface area contributed by atoms with Gasteiger partial charge in [0.15, 0.2) is 5.75 Å². The van der Waals surface area contributed by atoms with Crippen molar-refractivity contribution in [3.8, 4) is 5.75 Å². The van der Waals surface area contributed by atoms with Crippen molar-refractivity contribution in [3.05, 3.63) is 32.8 Å². The van der Waals surface area contributed by atoms with E-state index in [1.807, 2.05) is 6.92 Å². The molecule has 0 aliphatic rings. The van der Waals surface area contributed by atoms with Crippen LogP contribution in [0.15, 0.2) is 22.7 Å². The predicted molar refractivity (Wildman–Crippen MR) is 62.6 cm³/mol. The highest BCUT2D eigenvalue weighted by Crippen LogP contribution is 2.30. The SMILES string of the molecule is CCC(O)COc1ccc(Br)cc1[N+](=O)[O-]. The Morgan fingerprint density at radius 2 is 2.31 bits per heavy atom. The molecule has 6 heteroatoms. The first-order valence-electron chi connectivity index (χ1n) is 4.79. The molecule has 0 aromatic heterocycles. The van der Waals surface area contributed by atoms with Crippen LogP contribution in [0.3, 0.4) is 0 Å². The average molecular weight is 290 g/mol. The molecule has 0 amide bonds. The summed E-state index contributed by atoms with van der Waals surface area (Å²) in [5.41, 5.74) is -0.113. The van der Waals surface area contributed by atoms with Gasteiger partial charge in [-0.15, -0.1) is 0 Å². The van der Waals surface area contributed by atoms with E-state index in [-0.39, 0.29) is 18.0 Å². The Morgan fingerprint density at radius 1 is 1.62 bits per heavy atom. The molecule has 0 fully saturated rings. The molecule has 88 valence electrons. The van der Waals surface area contributed by atoms with Gasteiger partial charge in [0.2, 0.25) is 0 Å². The number of benzene rings is 1. The summed E-state index contributed by atoms with van der Waals surface area (Å²) in [7, 11) is 0. The molecule has 0 radical (unpaired) electrons. The van der Waals surface area contributed by atoms with Crippen LogP contribution in [0.2, 0.25) is 0 Å². The molecule has 0 bridgehead atoms. The van der Waals surface area contributed by atoms with Crippen LogP contribution in [-0.4, -0.2) is 22.7 Å². The highest BCUT2D eigenvalue weighted by atomic mass is 79.9.